The predicted molar refractivity (Wildman–Crippen MR) is 141 cm³/mol. The van der Waals surface area contributed by atoms with Crippen LogP contribution in [-0.2, 0) is 6.42 Å². The van der Waals surface area contributed by atoms with Gasteiger partial charge in [0.25, 0.3) is 0 Å². The molecule has 0 N–H and O–H groups in total. The lowest BCUT2D eigenvalue weighted by Gasteiger charge is -2.42. The molecule has 2 aliphatic rings. The second kappa shape index (κ2) is 12.7. The number of hydrogen-bond donors (Lipinski definition) is 0. The molecular formula is C32H43FO2. The zero-order valence-electron chi connectivity index (χ0n) is 21.7. The van der Waals surface area contributed by atoms with Crippen LogP contribution in [0.3, 0.4) is 0 Å². The van der Waals surface area contributed by atoms with Crippen LogP contribution in [0.25, 0.3) is 0 Å². The molecule has 4 atom stereocenters. The Hall–Kier alpha value is -2.16. The highest BCUT2D eigenvalue weighted by atomic mass is 19.1. The van der Waals surface area contributed by atoms with Crippen molar-refractivity contribution in [2.24, 2.45) is 17.8 Å². The first-order chi connectivity index (χ1) is 17.1. The van der Waals surface area contributed by atoms with Crippen LogP contribution in [0, 0.1) is 23.6 Å². The van der Waals surface area contributed by atoms with Crippen molar-refractivity contribution in [1.82, 2.24) is 0 Å². The Morgan fingerprint density at radius 2 is 1.63 bits per heavy atom. The Morgan fingerprint density at radius 3 is 2.37 bits per heavy atom. The van der Waals surface area contributed by atoms with E-state index in [0.29, 0.717) is 5.75 Å². The van der Waals surface area contributed by atoms with E-state index >= 15 is 4.39 Å². The quantitative estimate of drug-likeness (QED) is 0.193. The fourth-order valence-corrected chi connectivity index (χ4v) is 6.51. The Balaban J connectivity index is 1.29. The Morgan fingerprint density at radius 1 is 0.886 bits per heavy atom. The van der Waals surface area contributed by atoms with Crippen LogP contribution in [0.5, 0.6) is 5.75 Å². The zero-order chi connectivity index (χ0) is 24.6. The number of benzene rings is 2. The second-order valence-corrected chi connectivity index (χ2v) is 11.0. The second-order valence-electron chi connectivity index (χ2n) is 11.0. The summed E-state index contributed by atoms with van der Waals surface area (Å²) in [6.07, 6.45) is 16.7. The summed E-state index contributed by atoms with van der Waals surface area (Å²) in [5, 5.41) is 0. The molecule has 2 aromatic carbocycles. The van der Waals surface area contributed by atoms with E-state index in [1.54, 1.807) is 18.2 Å². The van der Waals surface area contributed by atoms with Crippen molar-refractivity contribution >= 4 is 5.97 Å². The molecule has 0 amide bonds. The molecule has 0 heterocycles. The van der Waals surface area contributed by atoms with Crippen LogP contribution >= 0.6 is 0 Å². The molecule has 0 saturated heterocycles. The summed E-state index contributed by atoms with van der Waals surface area (Å²) in [6.45, 7) is 4.36. The molecule has 35 heavy (non-hydrogen) atoms. The largest absolute Gasteiger partial charge is 0.423 e. The lowest BCUT2D eigenvalue weighted by molar-refractivity contribution is 0.0734. The van der Waals surface area contributed by atoms with Crippen molar-refractivity contribution in [2.75, 3.05) is 0 Å². The highest BCUT2D eigenvalue weighted by Gasteiger charge is 2.36. The maximum atomic E-state index is 15.1. The van der Waals surface area contributed by atoms with Crippen molar-refractivity contribution < 1.29 is 13.9 Å². The number of unbranched alkanes of at least 4 members (excludes halogenated alkanes) is 4. The molecule has 0 aromatic heterocycles. The predicted octanol–water partition coefficient (Wildman–Crippen LogP) is 9.27. The average molecular weight is 479 g/mol. The first kappa shape index (κ1) is 25.9. The number of fused-ring (bicyclic) bond motifs is 1. The number of carbonyl (C=O) groups is 1. The Labute approximate surface area is 211 Å². The van der Waals surface area contributed by atoms with Crippen molar-refractivity contribution in [3.05, 3.63) is 65.0 Å². The molecule has 2 nitrogen and oxygen atoms in total. The fourth-order valence-electron chi connectivity index (χ4n) is 6.51. The van der Waals surface area contributed by atoms with E-state index in [4.69, 9.17) is 4.74 Å². The third-order valence-electron chi connectivity index (χ3n) is 8.66. The van der Waals surface area contributed by atoms with Crippen molar-refractivity contribution in [1.29, 1.82) is 0 Å². The molecule has 2 aromatic rings. The lowest BCUT2D eigenvalue weighted by Crippen LogP contribution is -2.30. The molecule has 1 unspecified atom stereocenters. The number of aryl methyl sites for hydroxylation is 1. The molecule has 0 spiro atoms. The maximum absolute atomic E-state index is 15.1. The van der Waals surface area contributed by atoms with Crippen LogP contribution in [0.1, 0.15) is 118 Å². The average Bonchev–Trinajstić information content (AvgIpc) is 2.88. The molecule has 0 bridgehead atoms. The van der Waals surface area contributed by atoms with Gasteiger partial charge in [-0.25, -0.2) is 9.18 Å². The van der Waals surface area contributed by atoms with Crippen molar-refractivity contribution in [2.45, 2.75) is 103 Å². The Bertz CT molecular complexity index is 951. The number of rotatable bonds is 10. The van der Waals surface area contributed by atoms with E-state index in [1.807, 2.05) is 18.2 Å². The molecular weight excluding hydrogens is 435 g/mol. The van der Waals surface area contributed by atoms with Gasteiger partial charge in [0.1, 0.15) is 11.6 Å². The first-order valence-corrected chi connectivity index (χ1v) is 14.2. The lowest BCUT2D eigenvalue weighted by atomic mass is 9.63. The van der Waals surface area contributed by atoms with Gasteiger partial charge in [-0.15, -0.1) is 0 Å². The van der Waals surface area contributed by atoms with E-state index in [2.05, 4.69) is 13.8 Å². The van der Waals surface area contributed by atoms with Gasteiger partial charge in [0.15, 0.2) is 0 Å². The van der Waals surface area contributed by atoms with Gasteiger partial charge in [-0.2, -0.15) is 0 Å². The summed E-state index contributed by atoms with van der Waals surface area (Å²) in [5.74, 6) is 2.48. The number of halogens is 1. The van der Waals surface area contributed by atoms with E-state index in [9.17, 15) is 4.79 Å². The van der Waals surface area contributed by atoms with Crippen LogP contribution in [0.15, 0.2) is 42.5 Å². The molecule has 0 aliphatic heterocycles. The molecule has 0 radical (unpaired) electrons. The molecule has 2 saturated carbocycles. The summed E-state index contributed by atoms with van der Waals surface area (Å²) in [5.41, 5.74) is 2.25. The van der Waals surface area contributed by atoms with Crippen molar-refractivity contribution in [3.8, 4) is 5.75 Å². The summed E-state index contributed by atoms with van der Waals surface area (Å²) in [4.78, 5) is 12.6. The van der Waals surface area contributed by atoms with Gasteiger partial charge in [-0.05, 0) is 97.6 Å². The molecule has 2 aliphatic carbocycles. The minimum atomic E-state index is -0.503. The standard InChI is InChI=1S/C32H43FO2/c1-3-5-6-7-8-9-24-10-13-26-21-27(15-14-25(26)20-24)30-19-16-28(22-31(30)33)32(34)35-29-17-11-23(4-2)12-18-29/h11-12,16-19,22,24-27H,3-10,13-15,20-21H2,1-2H3/t24-,25-,26+,27?/m0/s1. The van der Waals surface area contributed by atoms with E-state index < -0.39 is 5.97 Å². The van der Waals surface area contributed by atoms with Crippen LogP contribution < -0.4 is 4.74 Å². The smallest absolute Gasteiger partial charge is 0.343 e. The van der Waals surface area contributed by atoms with Gasteiger partial charge in [-0.1, -0.05) is 77.0 Å². The number of ether oxygens (including phenoxy) is 1. The highest BCUT2D eigenvalue weighted by Crippen LogP contribution is 2.48. The van der Waals surface area contributed by atoms with Gasteiger partial charge in [0.05, 0.1) is 5.56 Å². The SMILES string of the molecule is CCCCCCC[C@H]1CC[C@@H]2CC(c3ccc(C(=O)Oc4ccc(CC)cc4)cc3F)CC[C@H]2C1. The van der Waals surface area contributed by atoms with E-state index in [-0.39, 0.29) is 17.3 Å². The third-order valence-corrected chi connectivity index (χ3v) is 8.66. The Kier molecular flexibility index (Phi) is 9.40. The molecule has 190 valence electrons. The van der Waals surface area contributed by atoms with Crippen LogP contribution in [0.2, 0.25) is 0 Å². The summed E-state index contributed by atoms with van der Waals surface area (Å²) in [6, 6.07) is 12.4. The minimum Gasteiger partial charge on any atom is -0.423 e. The zero-order valence-corrected chi connectivity index (χ0v) is 21.7. The third kappa shape index (κ3) is 6.96. The van der Waals surface area contributed by atoms with Gasteiger partial charge in [0, 0.05) is 0 Å². The van der Waals surface area contributed by atoms with Crippen LogP contribution in [-0.4, -0.2) is 5.97 Å². The molecule has 4 rings (SSSR count). The normalized spacial score (nSPS) is 24.1. The van der Waals surface area contributed by atoms with E-state index in [1.165, 1.54) is 75.8 Å². The molecule has 3 heteroatoms. The van der Waals surface area contributed by atoms with Crippen molar-refractivity contribution in [3.63, 3.8) is 0 Å². The van der Waals surface area contributed by atoms with Crippen LogP contribution in [0.4, 0.5) is 4.39 Å². The fraction of sp³-hybridized carbons (Fsp3) is 0.594. The summed E-state index contributed by atoms with van der Waals surface area (Å²) in [7, 11) is 0. The van der Waals surface area contributed by atoms with E-state index in [0.717, 1.165) is 42.6 Å². The topological polar surface area (TPSA) is 26.3 Å². The monoisotopic (exact) mass is 478 g/mol. The summed E-state index contributed by atoms with van der Waals surface area (Å²) >= 11 is 0. The van der Waals surface area contributed by atoms with Gasteiger partial charge < -0.3 is 4.74 Å². The van der Waals surface area contributed by atoms with Gasteiger partial charge in [0.2, 0.25) is 0 Å². The molecule has 2 fully saturated rings. The minimum absolute atomic E-state index is 0.259. The first-order valence-electron chi connectivity index (χ1n) is 14.2. The summed E-state index contributed by atoms with van der Waals surface area (Å²) < 4.78 is 20.6. The van der Waals surface area contributed by atoms with Gasteiger partial charge in [-0.3, -0.25) is 0 Å². The van der Waals surface area contributed by atoms with Gasteiger partial charge >= 0.3 is 5.97 Å². The number of esters is 1. The number of carbonyl (C=O) groups excluding carboxylic acids is 1. The number of hydrogen-bond acceptors (Lipinski definition) is 2. The maximum Gasteiger partial charge on any atom is 0.343 e. The highest BCUT2D eigenvalue weighted by molar-refractivity contribution is 5.91.